The molecule has 0 saturated heterocycles. The van der Waals surface area contributed by atoms with E-state index in [1.165, 1.54) is 0 Å². The van der Waals surface area contributed by atoms with Crippen LogP contribution in [-0.2, 0) is 13.1 Å². The van der Waals surface area contributed by atoms with E-state index in [0.717, 1.165) is 24.4 Å². The van der Waals surface area contributed by atoms with Crippen LogP contribution in [0.15, 0.2) is 30.6 Å². The zero-order valence-electron chi connectivity index (χ0n) is 11.7. The van der Waals surface area contributed by atoms with Crippen LogP contribution in [0.25, 0.3) is 0 Å². The standard InChI is InChI=1S/C15H19Cl2N3/c1-3-7-20-8-6-18-15(20)10-19-11(2)13-5-4-12(16)9-14(13)17/h4-6,8-9,11,19H,3,7,10H2,1-2H3. The van der Waals surface area contributed by atoms with Crippen LogP contribution in [0.3, 0.4) is 0 Å². The van der Waals surface area contributed by atoms with Gasteiger partial charge >= 0.3 is 0 Å². The molecule has 20 heavy (non-hydrogen) atoms. The molecule has 108 valence electrons. The lowest BCUT2D eigenvalue weighted by molar-refractivity contribution is 0.532. The number of benzene rings is 1. The molecule has 0 fully saturated rings. The molecule has 0 aliphatic rings. The van der Waals surface area contributed by atoms with Crippen molar-refractivity contribution in [2.75, 3.05) is 0 Å². The van der Waals surface area contributed by atoms with Crippen LogP contribution in [0.1, 0.15) is 37.7 Å². The number of imidazole rings is 1. The van der Waals surface area contributed by atoms with Crippen molar-refractivity contribution in [1.82, 2.24) is 14.9 Å². The molecule has 1 atom stereocenters. The number of hydrogen-bond donors (Lipinski definition) is 1. The molecule has 1 aromatic carbocycles. The quantitative estimate of drug-likeness (QED) is 0.854. The summed E-state index contributed by atoms with van der Waals surface area (Å²) in [6, 6.07) is 5.74. The Hall–Kier alpha value is -1.03. The summed E-state index contributed by atoms with van der Waals surface area (Å²) < 4.78 is 2.17. The number of nitrogens with zero attached hydrogens (tertiary/aromatic N) is 2. The Bertz CT molecular complexity index is 566. The molecule has 0 aliphatic heterocycles. The van der Waals surface area contributed by atoms with Crippen LogP contribution in [0.4, 0.5) is 0 Å². The van der Waals surface area contributed by atoms with Gasteiger partial charge in [-0.1, -0.05) is 36.2 Å². The highest BCUT2D eigenvalue weighted by Gasteiger charge is 2.11. The van der Waals surface area contributed by atoms with Crippen LogP contribution in [-0.4, -0.2) is 9.55 Å². The number of nitrogens with one attached hydrogen (secondary N) is 1. The molecule has 5 heteroatoms. The van der Waals surface area contributed by atoms with Crippen molar-refractivity contribution in [2.24, 2.45) is 0 Å². The average Bonchev–Trinajstić information content (AvgIpc) is 2.84. The van der Waals surface area contributed by atoms with Crippen LogP contribution in [0.2, 0.25) is 10.0 Å². The van der Waals surface area contributed by atoms with Crippen molar-refractivity contribution in [1.29, 1.82) is 0 Å². The maximum atomic E-state index is 6.22. The fourth-order valence-electron chi connectivity index (χ4n) is 2.16. The van der Waals surface area contributed by atoms with Gasteiger partial charge in [-0.15, -0.1) is 0 Å². The maximum absolute atomic E-state index is 6.22. The van der Waals surface area contributed by atoms with E-state index in [2.05, 4.69) is 28.7 Å². The summed E-state index contributed by atoms with van der Waals surface area (Å²) in [6.45, 7) is 5.95. The Kier molecular flexibility index (Phi) is 5.46. The maximum Gasteiger partial charge on any atom is 0.122 e. The molecule has 3 nitrogen and oxygen atoms in total. The van der Waals surface area contributed by atoms with E-state index in [1.807, 2.05) is 24.5 Å². The Morgan fingerprint density at radius 2 is 2.15 bits per heavy atom. The molecular weight excluding hydrogens is 293 g/mol. The summed E-state index contributed by atoms with van der Waals surface area (Å²) in [5.41, 5.74) is 1.05. The van der Waals surface area contributed by atoms with Crippen molar-refractivity contribution in [3.63, 3.8) is 0 Å². The fourth-order valence-corrected chi connectivity index (χ4v) is 2.73. The first-order chi connectivity index (χ1) is 9.61. The zero-order valence-corrected chi connectivity index (χ0v) is 13.2. The van der Waals surface area contributed by atoms with Crippen molar-refractivity contribution >= 4 is 23.2 Å². The summed E-state index contributed by atoms with van der Waals surface area (Å²) in [5.74, 6) is 1.05. The molecule has 1 N–H and O–H groups in total. The van der Waals surface area contributed by atoms with Gasteiger partial charge in [-0.25, -0.2) is 4.98 Å². The summed E-state index contributed by atoms with van der Waals surface area (Å²) in [6.07, 6.45) is 4.95. The van der Waals surface area contributed by atoms with Crippen molar-refractivity contribution in [2.45, 2.75) is 39.4 Å². The Labute approximate surface area is 129 Å². The molecule has 1 unspecified atom stereocenters. The molecule has 2 aromatic rings. The molecule has 1 heterocycles. The van der Waals surface area contributed by atoms with E-state index in [9.17, 15) is 0 Å². The van der Waals surface area contributed by atoms with Crippen molar-refractivity contribution in [3.05, 3.63) is 52.0 Å². The summed E-state index contributed by atoms with van der Waals surface area (Å²) in [7, 11) is 0. The molecule has 0 spiro atoms. The Morgan fingerprint density at radius 3 is 2.85 bits per heavy atom. The fraction of sp³-hybridized carbons (Fsp3) is 0.400. The molecular formula is C15H19Cl2N3. The van der Waals surface area contributed by atoms with Gasteiger partial charge in [0.15, 0.2) is 0 Å². The van der Waals surface area contributed by atoms with Gasteiger partial charge in [-0.2, -0.15) is 0 Å². The van der Waals surface area contributed by atoms with Crippen molar-refractivity contribution in [3.8, 4) is 0 Å². The third kappa shape index (κ3) is 3.75. The molecule has 0 bridgehead atoms. The monoisotopic (exact) mass is 311 g/mol. The highest BCUT2D eigenvalue weighted by atomic mass is 35.5. The molecule has 2 rings (SSSR count). The predicted molar refractivity (Wildman–Crippen MR) is 84.2 cm³/mol. The lowest BCUT2D eigenvalue weighted by Crippen LogP contribution is -2.21. The highest BCUT2D eigenvalue weighted by Crippen LogP contribution is 2.26. The lowest BCUT2D eigenvalue weighted by atomic mass is 10.1. The van der Waals surface area contributed by atoms with Gasteiger partial charge in [0.25, 0.3) is 0 Å². The highest BCUT2D eigenvalue weighted by molar-refractivity contribution is 6.35. The minimum Gasteiger partial charge on any atom is -0.334 e. The van der Waals surface area contributed by atoms with E-state index in [-0.39, 0.29) is 6.04 Å². The second kappa shape index (κ2) is 7.11. The van der Waals surface area contributed by atoms with Crippen LogP contribution in [0, 0.1) is 0 Å². The first kappa shape index (κ1) is 15.4. The van der Waals surface area contributed by atoms with E-state index >= 15 is 0 Å². The SMILES string of the molecule is CCCn1ccnc1CNC(C)c1ccc(Cl)cc1Cl. The average molecular weight is 312 g/mol. The number of halogens is 2. The van der Waals surface area contributed by atoms with Crippen LogP contribution < -0.4 is 5.32 Å². The summed E-state index contributed by atoms with van der Waals surface area (Å²) >= 11 is 12.1. The zero-order chi connectivity index (χ0) is 14.5. The first-order valence-corrected chi connectivity index (χ1v) is 7.55. The van der Waals surface area contributed by atoms with Gasteiger partial charge in [0.05, 0.1) is 6.54 Å². The third-order valence-corrected chi connectivity index (χ3v) is 3.82. The second-order valence-electron chi connectivity index (χ2n) is 4.81. The first-order valence-electron chi connectivity index (χ1n) is 6.80. The lowest BCUT2D eigenvalue weighted by Gasteiger charge is -2.16. The molecule has 1 aromatic heterocycles. The number of hydrogen-bond acceptors (Lipinski definition) is 2. The largest absolute Gasteiger partial charge is 0.334 e. The molecule has 0 saturated carbocycles. The van der Waals surface area contributed by atoms with Gasteiger partial charge in [-0.3, -0.25) is 0 Å². The van der Waals surface area contributed by atoms with Gasteiger partial charge < -0.3 is 9.88 Å². The van der Waals surface area contributed by atoms with E-state index in [4.69, 9.17) is 23.2 Å². The Balaban J connectivity index is 2.01. The van der Waals surface area contributed by atoms with E-state index in [0.29, 0.717) is 16.6 Å². The topological polar surface area (TPSA) is 29.9 Å². The number of aromatic nitrogens is 2. The normalized spacial score (nSPS) is 12.6. The van der Waals surface area contributed by atoms with E-state index < -0.39 is 0 Å². The molecule has 0 aliphatic carbocycles. The van der Waals surface area contributed by atoms with Gasteiger partial charge in [0.1, 0.15) is 5.82 Å². The predicted octanol–water partition coefficient (Wildman–Crippen LogP) is 4.45. The van der Waals surface area contributed by atoms with Gasteiger partial charge in [0.2, 0.25) is 0 Å². The summed E-state index contributed by atoms with van der Waals surface area (Å²) in [5, 5.41) is 4.80. The minimum atomic E-state index is 0.145. The van der Waals surface area contributed by atoms with E-state index in [1.54, 1.807) is 6.07 Å². The number of aryl methyl sites for hydroxylation is 1. The Morgan fingerprint density at radius 1 is 1.35 bits per heavy atom. The van der Waals surface area contributed by atoms with Gasteiger partial charge in [0, 0.05) is 35.0 Å². The molecule has 0 amide bonds. The smallest absolute Gasteiger partial charge is 0.122 e. The minimum absolute atomic E-state index is 0.145. The van der Waals surface area contributed by atoms with Crippen LogP contribution >= 0.6 is 23.2 Å². The second-order valence-corrected chi connectivity index (χ2v) is 5.65. The third-order valence-electron chi connectivity index (χ3n) is 3.26. The summed E-state index contributed by atoms with van der Waals surface area (Å²) in [4.78, 5) is 4.38. The van der Waals surface area contributed by atoms with Crippen molar-refractivity contribution < 1.29 is 0 Å². The molecule has 0 radical (unpaired) electrons. The number of rotatable bonds is 6. The van der Waals surface area contributed by atoms with Gasteiger partial charge in [-0.05, 0) is 31.0 Å². The van der Waals surface area contributed by atoms with Crippen LogP contribution in [0.5, 0.6) is 0 Å².